The number of ether oxygens (including phenoxy) is 2. The molecule has 1 heterocycles. The maximum Gasteiger partial charge on any atom is 0.331 e. The molecule has 1 aromatic carbocycles. The summed E-state index contributed by atoms with van der Waals surface area (Å²) < 4.78 is 39.0. The van der Waals surface area contributed by atoms with Crippen molar-refractivity contribution in [3.05, 3.63) is 28.8 Å². The Morgan fingerprint density at radius 2 is 1.62 bits per heavy atom. The van der Waals surface area contributed by atoms with E-state index in [0.717, 1.165) is 19.3 Å². The van der Waals surface area contributed by atoms with Crippen LogP contribution in [0.15, 0.2) is 23.1 Å². The van der Waals surface area contributed by atoms with Crippen LogP contribution in [0.3, 0.4) is 0 Å². The highest BCUT2D eigenvalue weighted by Gasteiger charge is 2.35. The molecule has 8 nitrogen and oxygen atoms in total. The summed E-state index contributed by atoms with van der Waals surface area (Å²) in [5.41, 5.74) is -1.40. The Morgan fingerprint density at radius 3 is 2.15 bits per heavy atom. The minimum atomic E-state index is -3.77. The van der Waals surface area contributed by atoms with Gasteiger partial charge in [-0.15, -0.1) is 0 Å². The van der Waals surface area contributed by atoms with Crippen LogP contribution >= 0.6 is 11.6 Å². The molecule has 0 saturated carbocycles. The number of nitrogens with zero attached hydrogens (tertiary/aromatic N) is 1. The molecule has 1 fully saturated rings. The summed E-state index contributed by atoms with van der Waals surface area (Å²) in [6, 6.07) is 2.89. The van der Waals surface area contributed by atoms with Crippen molar-refractivity contribution in [1.29, 1.82) is 0 Å². The van der Waals surface area contributed by atoms with Gasteiger partial charge in [0.15, 0.2) is 6.04 Å². The number of carbonyl (C=O) groups is 2. The number of esters is 1. The van der Waals surface area contributed by atoms with Gasteiger partial charge in [0.1, 0.15) is 5.60 Å². The number of benzene rings is 1. The third-order valence-corrected chi connectivity index (χ3v) is 7.32. The minimum absolute atomic E-state index is 0.0169. The van der Waals surface area contributed by atoms with Crippen LogP contribution in [0.1, 0.15) is 78.1 Å². The predicted molar refractivity (Wildman–Crippen MR) is 131 cm³/mol. The number of sulfonamides is 1. The summed E-state index contributed by atoms with van der Waals surface area (Å²) in [6.45, 7) is 13.2. The molecule has 0 aliphatic carbocycles. The zero-order valence-electron chi connectivity index (χ0n) is 21.1. The van der Waals surface area contributed by atoms with Crippen molar-refractivity contribution in [2.45, 2.75) is 96.0 Å². The first kappa shape index (κ1) is 28.6. The largest absolute Gasteiger partial charge is 0.458 e. The van der Waals surface area contributed by atoms with E-state index in [0.29, 0.717) is 13.1 Å². The predicted octanol–water partition coefficient (Wildman–Crippen LogP) is 4.16. The quantitative estimate of drug-likeness (QED) is 0.546. The highest BCUT2D eigenvalue weighted by atomic mass is 35.5. The smallest absolute Gasteiger partial charge is 0.331 e. The average molecular weight is 517 g/mol. The molecule has 0 aromatic heterocycles. The fourth-order valence-corrected chi connectivity index (χ4v) is 5.42. The van der Waals surface area contributed by atoms with Crippen LogP contribution in [0.5, 0.6) is 0 Å². The van der Waals surface area contributed by atoms with Gasteiger partial charge < -0.3 is 14.8 Å². The molecule has 0 bridgehead atoms. The SMILES string of the molecule is C[C@@H](OC(C)(C)C)[C@@H](NC(=O)c1cc(S(=O)(=O)N2CCCCC2)ccc1Cl)C(=O)OC(C)(C)C. The van der Waals surface area contributed by atoms with Crippen LogP contribution in [-0.2, 0) is 24.3 Å². The molecular weight excluding hydrogens is 480 g/mol. The van der Waals surface area contributed by atoms with Gasteiger partial charge in [0.05, 0.1) is 27.2 Å². The molecule has 192 valence electrons. The maximum atomic E-state index is 13.2. The van der Waals surface area contributed by atoms with Gasteiger partial charge in [-0.05, 0) is 79.5 Å². The Balaban J connectivity index is 2.35. The Labute approximate surface area is 208 Å². The lowest BCUT2D eigenvalue weighted by molar-refractivity contribution is -0.164. The molecule has 0 unspecified atom stereocenters. The molecule has 1 N–H and O–H groups in total. The van der Waals surface area contributed by atoms with Crippen molar-refractivity contribution in [2.24, 2.45) is 0 Å². The molecule has 1 aliphatic heterocycles. The Morgan fingerprint density at radius 1 is 1.03 bits per heavy atom. The van der Waals surface area contributed by atoms with Crippen molar-refractivity contribution in [3.63, 3.8) is 0 Å². The summed E-state index contributed by atoms with van der Waals surface area (Å²) in [5.74, 6) is -1.35. The fraction of sp³-hybridized carbons (Fsp3) is 0.667. The van der Waals surface area contributed by atoms with E-state index < -0.39 is 45.2 Å². The topological polar surface area (TPSA) is 102 Å². The summed E-state index contributed by atoms with van der Waals surface area (Å²) in [7, 11) is -3.77. The van der Waals surface area contributed by atoms with E-state index in [-0.39, 0.29) is 15.5 Å². The van der Waals surface area contributed by atoms with E-state index in [4.69, 9.17) is 21.1 Å². The number of nitrogens with one attached hydrogen (secondary N) is 1. The molecule has 0 radical (unpaired) electrons. The Kier molecular flexibility index (Phi) is 9.18. The number of halogens is 1. The highest BCUT2D eigenvalue weighted by molar-refractivity contribution is 7.89. The van der Waals surface area contributed by atoms with Crippen molar-refractivity contribution >= 4 is 33.5 Å². The standard InChI is InChI=1S/C24H37ClN2O6S/c1-16(32-23(2,3)4)20(22(29)33-24(5,6)7)26-21(28)18-15-17(11-12-19(18)25)34(30,31)27-13-9-8-10-14-27/h11-12,15-16,20H,8-10,13-14H2,1-7H3,(H,26,28)/t16-,20-/m1/s1. The number of hydrogen-bond acceptors (Lipinski definition) is 6. The average Bonchev–Trinajstić information content (AvgIpc) is 2.70. The van der Waals surface area contributed by atoms with Crippen LogP contribution in [0.2, 0.25) is 5.02 Å². The molecule has 1 amide bonds. The van der Waals surface area contributed by atoms with Gasteiger partial charge in [0, 0.05) is 13.1 Å². The van der Waals surface area contributed by atoms with Crippen molar-refractivity contribution < 1.29 is 27.5 Å². The van der Waals surface area contributed by atoms with E-state index in [1.165, 1.54) is 22.5 Å². The zero-order chi connectivity index (χ0) is 25.9. The monoisotopic (exact) mass is 516 g/mol. The van der Waals surface area contributed by atoms with Gasteiger partial charge in [0.25, 0.3) is 5.91 Å². The third-order valence-electron chi connectivity index (χ3n) is 5.09. The summed E-state index contributed by atoms with van der Waals surface area (Å²) in [5, 5.41) is 2.72. The maximum absolute atomic E-state index is 13.2. The minimum Gasteiger partial charge on any atom is -0.458 e. The summed E-state index contributed by atoms with van der Waals surface area (Å²) in [6.07, 6.45) is 1.85. The van der Waals surface area contributed by atoms with E-state index in [2.05, 4.69) is 5.32 Å². The van der Waals surface area contributed by atoms with Gasteiger partial charge in [-0.25, -0.2) is 13.2 Å². The fourth-order valence-electron chi connectivity index (χ4n) is 3.67. The van der Waals surface area contributed by atoms with Crippen molar-refractivity contribution in [2.75, 3.05) is 13.1 Å². The van der Waals surface area contributed by atoms with Crippen LogP contribution in [0, 0.1) is 0 Å². The van der Waals surface area contributed by atoms with Gasteiger partial charge in [-0.1, -0.05) is 18.0 Å². The lowest BCUT2D eigenvalue weighted by Crippen LogP contribution is -2.52. The first-order valence-corrected chi connectivity index (χ1v) is 13.3. The van der Waals surface area contributed by atoms with E-state index in [1.54, 1.807) is 27.7 Å². The molecule has 34 heavy (non-hydrogen) atoms. The number of carbonyl (C=O) groups excluding carboxylic acids is 2. The number of amides is 1. The molecule has 0 spiro atoms. The molecule has 2 atom stereocenters. The van der Waals surface area contributed by atoms with Crippen LogP contribution in [-0.4, -0.2) is 61.0 Å². The second kappa shape index (κ2) is 10.9. The zero-order valence-corrected chi connectivity index (χ0v) is 22.7. The number of rotatable bonds is 7. The lowest BCUT2D eigenvalue weighted by Gasteiger charge is -2.32. The molecule has 2 rings (SSSR count). The van der Waals surface area contributed by atoms with Gasteiger partial charge >= 0.3 is 5.97 Å². The summed E-state index contributed by atoms with van der Waals surface area (Å²) >= 11 is 6.27. The number of piperidine rings is 1. The van der Waals surface area contributed by atoms with E-state index in [9.17, 15) is 18.0 Å². The van der Waals surface area contributed by atoms with Crippen LogP contribution in [0.25, 0.3) is 0 Å². The molecule has 1 saturated heterocycles. The van der Waals surface area contributed by atoms with Crippen LogP contribution in [0.4, 0.5) is 0 Å². The molecule has 10 heteroatoms. The summed E-state index contributed by atoms with van der Waals surface area (Å²) in [4.78, 5) is 26.1. The van der Waals surface area contributed by atoms with Crippen LogP contribution < -0.4 is 5.32 Å². The first-order chi connectivity index (χ1) is 15.5. The lowest BCUT2D eigenvalue weighted by atomic mass is 10.1. The van der Waals surface area contributed by atoms with Crippen molar-refractivity contribution in [1.82, 2.24) is 9.62 Å². The van der Waals surface area contributed by atoms with E-state index >= 15 is 0 Å². The molecule has 1 aromatic rings. The molecular formula is C24H37ClN2O6S. The first-order valence-electron chi connectivity index (χ1n) is 11.5. The van der Waals surface area contributed by atoms with Crippen molar-refractivity contribution in [3.8, 4) is 0 Å². The highest BCUT2D eigenvalue weighted by Crippen LogP contribution is 2.26. The second-order valence-corrected chi connectivity index (χ2v) is 12.9. The van der Waals surface area contributed by atoms with Gasteiger partial charge in [-0.2, -0.15) is 4.31 Å². The third kappa shape index (κ3) is 7.93. The molecule has 1 aliphatic rings. The van der Waals surface area contributed by atoms with Gasteiger partial charge in [0.2, 0.25) is 10.0 Å². The Bertz CT molecular complexity index is 992. The Hall–Kier alpha value is -1.68. The second-order valence-electron chi connectivity index (χ2n) is 10.5. The number of hydrogen-bond donors (Lipinski definition) is 1. The van der Waals surface area contributed by atoms with E-state index in [1.807, 2.05) is 20.8 Å². The van der Waals surface area contributed by atoms with Gasteiger partial charge in [-0.3, -0.25) is 4.79 Å². The normalized spacial score (nSPS) is 17.6.